The van der Waals surface area contributed by atoms with Crippen LogP contribution >= 0.6 is 0 Å². The van der Waals surface area contributed by atoms with Gasteiger partial charge in [0.05, 0.1) is 44.5 Å². The molecule has 0 saturated carbocycles. The van der Waals surface area contributed by atoms with E-state index in [0.717, 1.165) is 96.3 Å². The third-order valence-corrected chi connectivity index (χ3v) is 12.5. The molecule has 10 atom stereocenters. The molecule has 1 N–H and O–H groups in total. The highest BCUT2D eigenvalue weighted by atomic mass is 16.5. The van der Waals surface area contributed by atoms with Crippen LogP contribution in [0.5, 0.6) is 11.5 Å². The number of hydrogen-bond acceptors (Lipinski definition) is 11. The van der Waals surface area contributed by atoms with Crippen LogP contribution in [0, 0.1) is 23.7 Å². The lowest BCUT2D eigenvalue weighted by molar-refractivity contribution is -0.162. The summed E-state index contributed by atoms with van der Waals surface area (Å²) in [6.45, 7) is 3.30. The average molecular weight is 709 g/mol. The van der Waals surface area contributed by atoms with Crippen molar-refractivity contribution in [1.82, 2.24) is 19.8 Å². The zero-order chi connectivity index (χ0) is 35.9. The largest absolute Gasteiger partial charge is 0.497 e. The van der Waals surface area contributed by atoms with Crippen LogP contribution in [0.15, 0.2) is 60.9 Å². The number of ether oxygens (including phenoxy) is 4. The highest BCUT2D eigenvalue weighted by Gasteiger charge is 2.47. The van der Waals surface area contributed by atoms with Gasteiger partial charge in [-0.3, -0.25) is 29.4 Å². The molecule has 6 aliphatic rings. The summed E-state index contributed by atoms with van der Waals surface area (Å²) in [5.41, 5.74) is 3.43. The fourth-order valence-corrected chi connectivity index (χ4v) is 9.78. The number of aromatic nitrogens is 2. The SMILES string of the molecule is COC(=O)C[C@H]1CN2CC[C@H]1C[C@H]2[C@H](OC(=O)C[C@H]1CN2CC[C@H]1C[C@H]2[C@H](O)c1ccnc2ccc(OC)cc12)c1ccnc2ccc(OC)cc12. The molecule has 6 saturated heterocycles. The molecule has 274 valence electrons. The lowest BCUT2D eigenvalue weighted by Crippen LogP contribution is -2.56. The fourth-order valence-electron chi connectivity index (χ4n) is 9.78. The van der Waals surface area contributed by atoms with E-state index in [2.05, 4.69) is 19.8 Å². The van der Waals surface area contributed by atoms with Gasteiger partial charge in [0, 0.05) is 60.7 Å². The number of rotatable bonds is 11. The minimum atomic E-state index is -0.687. The van der Waals surface area contributed by atoms with Crippen LogP contribution in [0.25, 0.3) is 21.8 Å². The lowest BCUT2D eigenvalue weighted by Gasteiger charge is -2.52. The van der Waals surface area contributed by atoms with Gasteiger partial charge in [0.25, 0.3) is 0 Å². The summed E-state index contributed by atoms with van der Waals surface area (Å²) in [7, 11) is 4.74. The molecule has 10 rings (SSSR count). The summed E-state index contributed by atoms with van der Waals surface area (Å²) in [5, 5.41) is 13.6. The van der Waals surface area contributed by atoms with Crippen molar-refractivity contribution in [3.8, 4) is 11.5 Å². The number of aliphatic hydroxyl groups is 1. The van der Waals surface area contributed by atoms with Gasteiger partial charge in [-0.2, -0.15) is 0 Å². The molecule has 0 spiro atoms. The number of esters is 2. The molecule has 8 heterocycles. The zero-order valence-corrected chi connectivity index (χ0v) is 30.1. The van der Waals surface area contributed by atoms with Crippen LogP contribution in [0.1, 0.15) is 61.9 Å². The highest BCUT2D eigenvalue weighted by Crippen LogP contribution is 2.46. The Labute approximate surface area is 304 Å². The Morgan fingerprint density at radius 3 is 1.83 bits per heavy atom. The summed E-state index contributed by atoms with van der Waals surface area (Å²) in [6, 6.07) is 15.4. The Kier molecular flexibility index (Phi) is 9.76. The molecule has 2 unspecified atom stereocenters. The van der Waals surface area contributed by atoms with E-state index in [1.807, 2.05) is 48.5 Å². The maximum absolute atomic E-state index is 14.1. The Hall–Kier alpha value is -4.32. The van der Waals surface area contributed by atoms with Crippen LogP contribution in [-0.2, 0) is 19.1 Å². The van der Waals surface area contributed by atoms with Gasteiger partial charge in [-0.05, 0) is 117 Å². The van der Waals surface area contributed by atoms with E-state index in [-0.39, 0.29) is 35.9 Å². The summed E-state index contributed by atoms with van der Waals surface area (Å²) in [6.07, 6.45) is 6.75. The molecule has 0 amide bonds. The molecule has 4 aromatic rings. The van der Waals surface area contributed by atoms with Gasteiger partial charge in [-0.1, -0.05) is 0 Å². The van der Waals surface area contributed by atoms with E-state index in [1.54, 1.807) is 26.6 Å². The van der Waals surface area contributed by atoms with Gasteiger partial charge in [0.15, 0.2) is 0 Å². The fraction of sp³-hybridized carbons (Fsp3) is 0.512. The Balaban J connectivity index is 1.01. The minimum Gasteiger partial charge on any atom is -0.497 e. The Morgan fingerprint density at radius 1 is 0.750 bits per heavy atom. The topological polar surface area (TPSA) is 124 Å². The van der Waals surface area contributed by atoms with Crippen LogP contribution < -0.4 is 9.47 Å². The number of pyridine rings is 2. The van der Waals surface area contributed by atoms with Crippen LogP contribution in [-0.4, -0.2) is 96.4 Å². The van der Waals surface area contributed by atoms with Crippen molar-refractivity contribution in [2.75, 3.05) is 47.5 Å². The molecule has 52 heavy (non-hydrogen) atoms. The third-order valence-electron chi connectivity index (χ3n) is 12.5. The van der Waals surface area contributed by atoms with Crippen molar-refractivity contribution in [2.24, 2.45) is 23.7 Å². The smallest absolute Gasteiger partial charge is 0.306 e. The molecule has 11 nitrogen and oxygen atoms in total. The number of piperidine rings is 6. The number of benzene rings is 2. The van der Waals surface area contributed by atoms with E-state index < -0.39 is 12.2 Å². The number of nitrogens with zero attached hydrogens (tertiary/aromatic N) is 4. The van der Waals surface area contributed by atoms with Crippen molar-refractivity contribution >= 4 is 33.7 Å². The number of methoxy groups -OCH3 is 3. The van der Waals surface area contributed by atoms with Gasteiger partial charge in [-0.15, -0.1) is 0 Å². The number of hydrogen-bond donors (Lipinski definition) is 1. The first-order valence-electron chi connectivity index (χ1n) is 18.6. The van der Waals surface area contributed by atoms with Gasteiger partial charge in [-0.25, -0.2) is 0 Å². The van der Waals surface area contributed by atoms with Crippen molar-refractivity contribution in [3.05, 3.63) is 72.1 Å². The van der Waals surface area contributed by atoms with E-state index in [9.17, 15) is 14.7 Å². The van der Waals surface area contributed by atoms with Gasteiger partial charge in [0.2, 0.25) is 0 Å². The molecule has 0 radical (unpaired) electrons. The van der Waals surface area contributed by atoms with Crippen molar-refractivity contribution < 1.29 is 33.6 Å². The number of aliphatic hydroxyl groups excluding tert-OH is 1. The number of fused-ring (bicyclic) bond motifs is 8. The van der Waals surface area contributed by atoms with E-state index in [1.165, 1.54) is 7.11 Å². The van der Waals surface area contributed by atoms with Crippen LogP contribution in [0.2, 0.25) is 0 Å². The Bertz CT molecular complexity index is 1960. The first-order chi connectivity index (χ1) is 25.3. The van der Waals surface area contributed by atoms with E-state index in [0.29, 0.717) is 24.7 Å². The molecule has 4 bridgehead atoms. The van der Waals surface area contributed by atoms with Crippen LogP contribution in [0.3, 0.4) is 0 Å². The zero-order valence-electron chi connectivity index (χ0n) is 30.1. The maximum Gasteiger partial charge on any atom is 0.306 e. The molecule has 0 aliphatic carbocycles. The predicted molar refractivity (Wildman–Crippen MR) is 195 cm³/mol. The summed E-state index contributed by atoms with van der Waals surface area (Å²) >= 11 is 0. The maximum atomic E-state index is 14.1. The lowest BCUT2D eigenvalue weighted by atomic mass is 9.72. The normalized spacial score (nSPS) is 29.1. The van der Waals surface area contributed by atoms with E-state index in [4.69, 9.17) is 18.9 Å². The molecule has 2 aromatic carbocycles. The minimum absolute atomic E-state index is 0.0201. The summed E-state index contributed by atoms with van der Waals surface area (Å²) in [5.74, 6) is 2.10. The second kappa shape index (κ2) is 14.6. The summed E-state index contributed by atoms with van der Waals surface area (Å²) in [4.78, 5) is 40.3. The first-order valence-corrected chi connectivity index (χ1v) is 18.6. The quantitative estimate of drug-likeness (QED) is 0.199. The van der Waals surface area contributed by atoms with Crippen LogP contribution in [0.4, 0.5) is 0 Å². The van der Waals surface area contributed by atoms with Gasteiger partial charge < -0.3 is 24.1 Å². The second-order valence-electron chi connectivity index (χ2n) is 15.1. The Morgan fingerprint density at radius 2 is 1.29 bits per heavy atom. The molecule has 2 aromatic heterocycles. The second-order valence-corrected chi connectivity index (χ2v) is 15.1. The molecule has 6 fully saturated rings. The summed E-state index contributed by atoms with van der Waals surface area (Å²) < 4.78 is 22.7. The van der Waals surface area contributed by atoms with Gasteiger partial charge >= 0.3 is 11.9 Å². The molecular formula is C41H48N4O7. The molecule has 11 heteroatoms. The monoisotopic (exact) mass is 708 g/mol. The van der Waals surface area contributed by atoms with Crippen molar-refractivity contribution in [3.63, 3.8) is 0 Å². The van der Waals surface area contributed by atoms with E-state index >= 15 is 0 Å². The average Bonchev–Trinajstić information content (AvgIpc) is 3.19. The van der Waals surface area contributed by atoms with Crippen molar-refractivity contribution in [1.29, 1.82) is 0 Å². The highest BCUT2D eigenvalue weighted by molar-refractivity contribution is 5.85. The molecule has 6 aliphatic heterocycles. The standard InChI is InChI=1S/C41H48N4O7/c1-49-28-4-6-34-32(20-28)30(8-12-42-34)40(48)36-16-24-10-14-44(36)22-27(24)19-39(47)52-41(31-9-13-43-35-7-5-29(50-2)21-33(31)35)37-17-25-11-15-45(37)23-26(25)18-38(46)51-3/h4-9,12-13,20-21,24-27,36-37,40-41,48H,10-11,14-19,22-23H2,1-3H3/t24-,25-,26-,27-,36-,37-,40+,41+/m0/s1. The number of carbonyl (C=O) groups is 2. The van der Waals surface area contributed by atoms with Gasteiger partial charge in [0.1, 0.15) is 17.6 Å². The first kappa shape index (κ1) is 34.7. The molecular weight excluding hydrogens is 660 g/mol. The van der Waals surface area contributed by atoms with Crippen molar-refractivity contribution in [2.45, 2.75) is 62.8 Å². The third kappa shape index (κ3) is 6.58. The number of carbonyl (C=O) groups excluding carboxylic acids is 2. The predicted octanol–water partition coefficient (Wildman–Crippen LogP) is 5.49.